The van der Waals surface area contributed by atoms with E-state index in [1.807, 2.05) is 4.90 Å². The molecular weight excluding hydrogens is 382 g/mol. The number of amides is 1. The maximum atomic E-state index is 12.9. The summed E-state index contributed by atoms with van der Waals surface area (Å²) in [7, 11) is 3.11. The molecular formula is C20H26ClN3O4. The molecule has 2 atom stereocenters. The molecule has 1 aromatic carbocycles. The molecule has 0 radical (unpaired) electrons. The first-order valence-electron chi connectivity index (χ1n) is 9.37. The van der Waals surface area contributed by atoms with Gasteiger partial charge in [0.05, 0.1) is 19.6 Å². The zero-order chi connectivity index (χ0) is 19.0. The van der Waals surface area contributed by atoms with E-state index in [0.717, 1.165) is 19.6 Å². The van der Waals surface area contributed by atoms with Crippen LogP contribution >= 0.6 is 12.4 Å². The van der Waals surface area contributed by atoms with E-state index in [1.165, 1.54) is 17.4 Å². The van der Waals surface area contributed by atoms with Crippen molar-refractivity contribution < 1.29 is 14.3 Å². The minimum absolute atomic E-state index is 0. The van der Waals surface area contributed by atoms with Crippen molar-refractivity contribution in [3.8, 4) is 11.5 Å². The average molecular weight is 408 g/mol. The van der Waals surface area contributed by atoms with Gasteiger partial charge in [-0.2, -0.15) is 0 Å². The number of ether oxygens (including phenoxy) is 2. The summed E-state index contributed by atoms with van der Waals surface area (Å²) >= 11 is 0. The average Bonchev–Trinajstić information content (AvgIpc) is 3.13. The molecule has 0 spiro atoms. The van der Waals surface area contributed by atoms with Crippen molar-refractivity contribution in [1.82, 2.24) is 14.8 Å². The number of pyridine rings is 1. The third-order valence-corrected chi connectivity index (χ3v) is 5.75. The van der Waals surface area contributed by atoms with Crippen molar-refractivity contribution in [1.29, 1.82) is 0 Å². The molecule has 1 N–H and O–H groups in total. The van der Waals surface area contributed by atoms with Gasteiger partial charge < -0.3 is 24.3 Å². The fourth-order valence-electron chi connectivity index (χ4n) is 4.31. The van der Waals surface area contributed by atoms with Gasteiger partial charge >= 0.3 is 0 Å². The number of halogens is 1. The number of nitrogens with one attached hydrogen (secondary N) is 1. The number of benzene rings is 1. The molecule has 1 amide bonds. The minimum Gasteiger partial charge on any atom is -0.493 e. The summed E-state index contributed by atoms with van der Waals surface area (Å²) in [4.78, 5) is 27.5. The summed E-state index contributed by atoms with van der Waals surface area (Å²) in [6.45, 7) is 2.60. The van der Waals surface area contributed by atoms with Gasteiger partial charge in [-0.15, -0.1) is 12.4 Å². The van der Waals surface area contributed by atoms with Gasteiger partial charge in [-0.25, -0.2) is 0 Å². The van der Waals surface area contributed by atoms with Gasteiger partial charge in [0.25, 0.3) is 5.56 Å². The molecule has 0 bridgehead atoms. The molecule has 7 nitrogen and oxygen atoms in total. The zero-order valence-corrected chi connectivity index (χ0v) is 17.0. The Balaban J connectivity index is 0.00000225. The van der Waals surface area contributed by atoms with Gasteiger partial charge in [-0.3, -0.25) is 9.59 Å². The van der Waals surface area contributed by atoms with Gasteiger partial charge in [-0.1, -0.05) is 0 Å². The van der Waals surface area contributed by atoms with Crippen LogP contribution in [0, 0.1) is 5.92 Å². The first-order chi connectivity index (χ1) is 13.1. The Hall–Kier alpha value is -2.25. The maximum Gasteiger partial charge on any atom is 0.259 e. The van der Waals surface area contributed by atoms with Crippen molar-refractivity contribution >= 4 is 29.1 Å². The van der Waals surface area contributed by atoms with Crippen LogP contribution in [-0.4, -0.2) is 55.3 Å². The topological polar surface area (TPSA) is 72.8 Å². The molecule has 2 aliphatic rings. The fourth-order valence-corrected chi connectivity index (χ4v) is 4.31. The SMILES string of the molecule is COc1ccc2c(=O)n(CC(=O)N3C[C@@H]4CCCN[C@@H]4C3)ccc2c1OC.Cl. The van der Waals surface area contributed by atoms with Crippen LogP contribution in [0.2, 0.25) is 0 Å². The number of piperidine rings is 1. The van der Waals surface area contributed by atoms with Crippen molar-refractivity contribution in [2.45, 2.75) is 25.4 Å². The van der Waals surface area contributed by atoms with Crippen LogP contribution in [0.5, 0.6) is 11.5 Å². The van der Waals surface area contributed by atoms with E-state index in [2.05, 4.69) is 5.32 Å². The van der Waals surface area contributed by atoms with Crippen LogP contribution in [0.25, 0.3) is 10.8 Å². The Morgan fingerprint density at radius 2 is 2.00 bits per heavy atom. The van der Waals surface area contributed by atoms with E-state index in [0.29, 0.717) is 34.2 Å². The Bertz CT molecular complexity index is 916. The predicted molar refractivity (Wildman–Crippen MR) is 110 cm³/mol. The van der Waals surface area contributed by atoms with Crippen LogP contribution in [0.1, 0.15) is 12.8 Å². The van der Waals surface area contributed by atoms with Crippen molar-refractivity contribution in [2.24, 2.45) is 5.92 Å². The van der Waals surface area contributed by atoms with Crippen molar-refractivity contribution in [3.63, 3.8) is 0 Å². The molecule has 0 unspecified atom stereocenters. The van der Waals surface area contributed by atoms with Gasteiger partial charge in [-0.05, 0) is 43.5 Å². The normalized spacial score (nSPS) is 21.1. The fraction of sp³-hybridized carbons (Fsp3) is 0.500. The molecule has 2 aliphatic heterocycles. The first-order valence-corrected chi connectivity index (χ1v) is 9.37. The molecule has 2 aromatic rings. The smallest absolute Gasteiger partial charge is 0.259 e. The molecule has 8 heteroatoms. The highest BCUT2D eigenvalue weighted by molar-refractivity contribution is 5.90. The molecule has 0 aliphatic carbocycles. The quantitative estimate of drug-likeness (QED) is 0.834. The van der Waals surface area contributed by atoms with Gasteiger partial charge in [0, 0.05) is 30.7 Å². The highest BCUT2D eigenvalue weighted by Gasteiger charge is 2.36. The summed E-state index contributed by atoms with van der Waals surface area (Å²) < 4.78 is 12.2. The summed E-state index contributed by atoms with van der Waals surface area (Å²) in [6, 6.07) is 5.63. The maximum absolute atomic E-state index is 12.9. The van der Waals surface area contributed by atoms with E-state index >= 15 is 0 Å². The number of carbonyl (C=O) groups excluding carboxylic acids is 1. The van der Waals surface area contributed by atoms with E-state index in [4.69, 9.17) is 9.47 Å². The Morgan fingerprint density at radius 1 is 1.18 bits per heavy atom. The van der Waals surface area contributed by atoms with Crippen LogP contribution in [0.15, 0.2) is 29.2 Å². The number of fused-ring (bicyclic) bond motifs is 2. The largest absolute Gasteiger partial charge is 0.493 e. The van der Waals surface area contributed by atoms with E-state index < -0.39 is 0 Å². The highest BCUT2D eigenvalue weighted by atomic mass is 35.5. The number of nitrogens with zero attached hydrogens (tertiary/aromatic N) is 2. The second-order valence-corrected chi connectivity index (χ2v) is 7.27. The second-order valence-electron chi connectivity index (χ2n) is 7.27. The summed E-state index contributed by atoms with van der Waals surface area (Å²) in [5.41, 5.74) is -0.198. The lowest BCUT2D eigenvalue weighted by molar-refractivity contribution is -0.131. The molecule has 4 rings (SSSR count). The van der Waals surface area contributed by atoms with E-state index in [1.54, 1.807) is 38.6 Å². The van der Waals surface area contributed by atoms with Gasteiger partial charge in [0.2, 0.25) is 5.91 Å². The Labute approximate surface area is 170 Å². The molecule has 1 aromatic heterocycles. The highest BCUT2D eigenvalue weighted by Crippen LogP contribution is 2.33. The van der Waals surface area contributed by atoms with Crippen LogP contribution in [0.3, 0.4) is 0 Å². The molecule has 152 valence electrons. The predicted octanol–water partition coefficient (Wildman–Crippen LogP) is 1.65. The number of hydrogen-bond donors (Lipinski definition) is 1. The van der Waals surface area contributed by atoms with Crippen LogP contribution < -0.4 is 20.3 Å². The number of rotatable bonds is 4. The third-order valence-electron chi connectivity index (χ3n) is 5.75. The number of aromatic nitrogens is 1. The summed E-state index contributed by atoms with van der Waals surface area (Å²) in [5, 5.41) is 4.70. The monoisotopic (exact) mass is 407 g/mol. The van der Waals surface area contributed by atoms with Crippen molar-refractivity contribution in [2.75, 3.05) is 33.9 Å². The first kappa shape index (κ1) is 20.5. The van der Waals surface area contributed by atoms with Gasteiger partial charge in [0.1, 0.15) is 6.54 Å². The number of carbonyl (C=O) groups is 1. The minimum atomic E-state index is -0.198. The summed E-state index contributed by atoms with van der Waals surface area (Å²) in [6.07, 6.45) is 3.99. The van der Waals surface area contributed by atoms with E-state index in [-0.39, 0.29) is 30.4 Å². The molecule has 2 saturated heterocycles. The lowest BCUT2D eigenvalue weighted by Crippen LogP contribution is -2.41. The van der Waals surface area contributed by atoms with Crippen molar-refractivity contribution in [3.05, 3.63) is 34.7 Å². The number of hydrogen-bond acceptors (Lipinski definition) is 5. The molecule has 3 heterocycles. The lowest BCUT2D eigenvalue weighted by Gasteiger charge is -2.24. The Kier molecular flexibility index (Phi) is 6.15. The van der Waals surface area contributed by atoms with Gasteiger partial charge in [0.15, 0.2) is 11.5 Å². The van der Waals surface area contributed by atoms with Crippen LogP contribution in [-0.2, 0) is 11.3 Å². The lowest BCUT2D eigenvalue weighted by atomic mass is 9.94. The summed E-state index contributed by atoms with van der Waals surface area (Å²) in [5.74, 6) is 1.63. The molecule has 2 fully saturated rings. The zero-order valence-electron chi connectivity index (χ0n) is 16.1. The second kappa shape index (κ2) is 8.41. The Morgan fingerprint density at radius 3 is 2.71 bits per heavy atom. The molecule has 28 heavy (non-hydrogen) atoms. The molecule has 0 saturated carbocycles. The number of methoxy groups -OCH3 is 2. The standard InChI is InChI=1S/C20H25N3O4.ClH/c1-26-17-6-5-15-14(19(17)27-2)7-9-22(20(15)25)12-18(24)23-10-13-4-3-8-21-16(13)11-23;/h5-7,9,13,16,21H,3-4,8,10-12H2,1-2H3;1H/t13-,16+;/m0./s1. The number of likely N-dealkylation sites (tertiary alicyclic amines) is 1. The van der Waals surface area contributed by atoms with E-state index in [9.17, 15) is 9.59 Å². The third kappa shape index (κ3) is 3.56. The van der Waals surface area contributed by atoms with Crippen LogP contribution in [0.4, 0.5) is 0 Å².